The van der Waals surface area contributed by atoms with Gasteiger partial charge in [0.15, 0.2) is 0 Å². The molecule has 1 N–H and O–H groups in total. The molecule has 1 amide bonds. The minimum Gasteiger partial charge on any atom is -0.324 e. The predicted octanol–water partition coefficient (Wildman–Crippen LogP) is 3.84. The molecule has 3 rings (SSSR count). The zero-order chi connectivity index (χ0) is 17.0. The third-order valence-corrected chi connectivity index (χ3v) is 4.13. The van der Waals surface area contributed by atoms with Gasteiger partial charge in [-0.3, -0.25) is 14.6 Å². The van der Waals surface area contributed by atoms with Crippen LogP contribution in [0.15, 0.2) is 77.9 Å². The molecular formula is C19H15ClN2O2. The van der Waals surface area contributed by atoms with Crippen LogP contribution in [-0.2, 0) is 4.79 Å². The van der Waals surface area contributed by atoms with Gasteiger partial charge in [0, 0.05) is 23.9 Å². The summed E-state index contributed by atoms with van der Waals surface area (Å²) in [7, 11) is 0. The Labute approximate surface area is 144 Å². The molecular weight excluding hydrogens is 324 g/mol. The van der Waals surface area contributed by atoms with Gasteiger partial charge in [-0.1, -0.05) is 48.5 Å². The summed E-state index contributed by atoms with van der Waals surface area (Å²) >= 11 is 6.47. The highest BCUT2D eigenvalue weighted by atomic mass is 35.5. The number of anilines is 1. The molecule has 1 aliphatic rings. The van der Waals surface area contributed by atoms with Crippen molar-refractivity contribution in [3.8, 4) is 0 Å². The van der Waals surface area contributed by atoms with Crippen LogP contribution in [0.2, 0.25) is 0 Å². The van der Waals surface area contributed by atoms with Crippen LogP contribution in [0.1, 0.15) is 16.8 Å². The molecule has 0 aromatic heterocycles. The lowest BCUT2D eigenvalue weighted by Crippen LogP contribution is -2.40. The number of Topliss-reactive ketones (excluding diaryl/α,β-unsaturated/α-hetero) is 1. The van der Waals surface area contributed by atoms with E-state index < -0.39 is 4.87 Å². The Balaban J connectivity index is 1.76. The van der Waals surface area contributed by atoms with Gasteiger partial charge in [-0.15, -0.1) is 11.6 Å². The number of alkyl halides is 1. The number of nitrogens with zero attached hydrogens (tertiary/aromatic N) is 1. The summed E-state index contributed by atoms with van der Waals surface area (Å²) < 4.78 is 0. The number of halogens is 1. The van der Waals surface area contributed by atoms with Crippen molar-refractivity contribution >= 4 is 34.7 Å². The molecule has 1 aliphatic heterocycles. The van der Waals surface area contributed by atoms with Gasteiger partial charge in [-0.25, -0.2) is 0 Å². The molecule has 1 atom stereocenters. The van der Waals surface area contributed by atoms with Gasteiger partial charge in [0.2, 0.25) is 11.7 Å². The normalized spacial score (nSPS) is 19.5. The monoisotopic (exact) mass is 338 g/mol. The topological polar surface area (TPSA) is 58.5 Å². The summed E-state index contributed by atoms with van der Waals surface area (Å²) in [5.74, 6) is -0.614. The molecule has 1 unspecified atom stereocenters. The highest BCUT2D eigenvalue weighted by Crippen LogP contribution is 2.28. The number of ketones is 1. The number of carbonyl (C=O) groups is 2. The van der Waals surface area contributed by atoms with Crippen LogP contribution >= 0.6 is 11.6 Å². The summed E-state index contributed by atoms with van der Waals surface area (Å²) in [6.45, 7) is 0. The number of nitrogens with one attached hydrogen (secondary N) is 1. The summed E-state index contributed by atoms with van der Waals surface area (Å²) in [4.78, 5) is 27.8. The van der Waals surface area contributed by atoms with Crippen LogP contribution in [0.3, 0.4) is 0 Å². The first-order valence-corrected chi connectivity index (χ1v) is 7.86. The van der Waals surface area contributed by atoms with Crippen LogP contribution in [0.5, 0.6) is 0 Å². The summed E-state index contributed by atoms with van der Waals surface area (Å²) in [6, 6.07) is 17.9. The Morgan fingerprint density at radius 3 is 2.29 bits per heavy atom. The lowest BCUT2D eigenvalue weighted by atomic mass is 9.93. The van der Waals surface area contributed by atoms with Crippen LogP contribution in [0, 0.1) is 0 Å². The maximum Gasteiger partial charge on any atom is 0.249 e. The molecule has 0 fully saturated rings. The Bertz CT molecular complexity index is 816. The summed E-state index contributed by atoms with van der Waals surface area (Å²) in [5.41, 5.74) is 1.44. The molecule has 0 saturated carbocycles. The van der Waals surface area contributed by atoms with Gasteiger partial charge in [0.05, 0.1) is 5.71 Å². The lowest BCUT2D eigenvalue weighted by Gasteiger charge is -2.25. The minimum atomic E-state index is -1.34. The fraction of sp³-hybridized carbons (Fsp3) is 0.105. The number of rotatable bonds is 4. The van der Waals surface area contributed by atoms with Crippen LogP contribution in [0.4, 0.5) is 5.69 Å². The summed E-state index contributed by atoms with van der Waals surface area (Å²) in [5, 5.41) is 2.76. The summed E-state index contributed by atoms with van der Waals surface area (Å²) in [6.07, 6.45) is 2.96. The fourth-order valence-electron chi connectivity index (χ4n) is 2.40. The predicted molar refractivity (Wildman–Crippen MR) is 95.6 cm³/mol. The molecule has 0 spiro atoms. The van der Waals surface area contributed by atoms with Crippen molar-refractivity contribution in [2.75, 3.05) is 5.32 Å². The van der Waals surface area contributed by atoms with E-state index in [1.807, 2.05) is 24.3 Å². The molecule has 0 bridgehead atoms. The maximum atomic E-state index is 12.5. The first-order chi connectivity index (χ1) is 11.6. The number of amides is 1. The SMILES string of the molecule is O=C(C1=NC=CC(Cl)(C(=O)Nc2ccccc2)C1)c1ccccc1. The molecule has 120 valence electrons. The first kappa shape index (κ1) is 16.1. The molecule has 2 aromatic rings. The second kappa shape index (κ2) is 6.81. The first-order valence-electron chi connectivity index (χ1n) is 7.48. The van der Waals surface area contributed by atoms with Crippen molar-refractivity contribution < 1.29 is 9.59 Å². The number of carbonyl (C=O) groups excluding carboxylic acids is 2. The van der Waals surface area contributed by atoms with Crippen LogP contribution in [0.25, 0.3) is 0 Å². The van der Waals surface area contributed by atoms with Crippen LogP contribution < -0.4 is 5.32 Å². The molecule has 4 nitrogen and oxygen atoms in total. The van der Waals surface area contributed by atoms with E-state index in [4.69, 9.17) is 11.6 Å². The van der Waals surface area contributed by atoms with Crippen molar-refractivity contribution in [1.82, 2.24) is 0 Å². The third-order valence-electron chi connectivity index (χ3n) is 3.70. The van der Waals surface area contributed by atoms with Gasteiger partial charge in [0.25, 0.3) is 0 Å². The standard InChI is InChI=1S/C19H15ClN2O2/c20-19(18(24)22-15-9-5-2-6-10-15)11-12-21-16(13-19)17(23)14-7-3-1-4-8-14/h1-12H,13H2,(H,22,24). The number of hydrogen-bond donors (Lipinski definition) is 1. The second-order valence-electron chi connectivity index (χ2n) is 5.45. The average molecular weight is 339 g/mol. The van der Waals surface area contributed by atoms with E-state index in [9.17, 15) is 9.59 Å². The highest BCUT2D eigenvalue weighted by Gasteiger charge is 2.38. The number of benzene rings is 2. The highest BCUT2D eigenvalue weighted by molar-refractivity contribution is 6.50. The molecule has 0 aliphatic carbocycles. The van der Waals surface area contributed by atoms with Crippen molar-refractivity contribution in [2.24, 2.45) is 4.99 Å². The minimum absolute atomic E-state index is 0.0391. The molecule has 0 radical (unpaired) electrons. The van der Waals surface area contributed by atoms with E-state index in [1.54, 1.807) is 36.4 Å². The van der Waals surface area contributed by atoms with Crippen molar-refractivity contribution in [1.29, 1.82) is 0 Å². The van der Waals surface area contributed by atoms with Crippen LogP contribution in [-0.4, -0.2) is 22.3 Å². The molecule has 0 saturated heterocycles. The number of hydrogen-bond acceptors (Lipinski definition) is 3. The third kappa shape index (κ3) is 3.44. The number of aliphatic imine (C=N–C) groups is 1. The molecule has 2 aromatic carbocycles. The van der Waals surface area contributed by atoms with Crippen molar-refractivity contribution in [3.63, 3.8) is 0 Å². The Hall–Kier alpha value is -2.72. The smallest absolute Gasteiger partial charge is 0.249 e. The van der Waals surface area contributed by atoms with Gasteiger partial charge in [0.1, 0.15) is 4.87 Å². The Kier molecular flexibility index (Phi) is 4.58. The van der Waals surface area contributed by atoms with Gasteiger partial charge in [-0.2, -0.15) is 0 Å². The van der Waals surface area contributed by atoms with Crippen molar-refractivity contribution in [3.05, 3.63) is 78.5 Å². The zero-order valence-electron chi connectivity index (χ0n) is 12.8. The largest absolute Gasteiger partial charge is 0.324 e. The zero-order valence-corrected chi connectivity index (χ0v) is 13.5. The van der Waals surface area contributed by atoms with Crippen molar-refractivity contribution in [2.45, 2.75) is 11.3 Å². The Morgan fingerprint density at radius 2 is 1.62 bits per heavy atom. The molecule has 5 heteroatoms. The number of para-hydroxylation sites is 1. The van der Waals surface area contributed by atoms with E-state index in [0.717, 1.165) is 0 Å². The molecule has 1 heterocycles. The lowest BCUT2D eigenvalue weighted by molar-refractivity contribution is -0.117. The van der Waals surface area contributed by atoms with Gasteiger partial charge >= 0.3 is 0 Å². The van der Waals surface area contributed by atoms with Gasteiger partial charge in [-0.05, 0) is 18.2 Å². The fourth-order valence-corrected chi connectivity index (χ4v) is 2.63. The van der Waals surface area contributed by atoms with Gasteiger partial charge < -0.3 is 5.32 Å². The Morgan fingerprint density at radius 1 is 1.00 bits per heavy atom. The van der Waals surface area contributed by atoms with E-state index in [0.29, 0.717) is 11.3 Å². The maximum absolute atomic E-state index is 12.5. The quantitative estimate of drug-likeness (QED) is 0.680. The van der Waals surface area contributed by atoms with E-state index >= 15 is 0 Å². The van der Waals surface area contributed by atoms with E-state index in [1.165, 1.54) is 12.3 Å². The average Bonchev–Trinajstić information content (AvgIpc) is 2.63. The van der Waals surface area contributed by atoms with E-state index in [-0.39, 0.29) is 23.8 Å². The molecule has 24 heavy (non-hydrogen) atoms. The second-order valence-corrected chi connectivity index (χ2v) is 6.12. The van der Waals surface area contributed by atoms with E-state index in [2.05, 4.69) is 10.3 Å².